The molecule has 1 aliphatic carbocycles. The van der Waals surface area contributed by atoms with Crippen LogP contribution in [0.5, 0.6) is 0 Å². The second kappa shape index (κ2) is 5.80. The number of fused-ring (bicyclic) bond motifs is 1. The molecule has 1 saturated carbocycles. The summed E-state index contributed by atoms with van der Waals surface area (Å²) in [4.78, 5) is 13.5. The molecule has 20 heavy (non-hydrogen) atoms. The van der Waals surface area contributed by atoms with Crippen LogP contribution in [0, 0.1) is 11.8 Å². The Morgan fingerprint density at radius 1 is 1.25 bits per heavy atom. The van der Waals surface area contributed by atoms with E-state index in [4.69, 9.17) is 4.74 Å². The van der Waals surface area contributed by atoms with E-state index in [1.54, 1.807) is 0 Å². The maximum Gasteiger partial charge on any atom is 0.245 e. The van der Waals surface area contributed by atoms with Gasteiger partial charge in [-0.2, -0.15) is 0 Å². The maximum absolute atomic E-state index is 11.6. The van der Waals surface area contributed by atoms with Crippen LogP contribution >= 0.6 is 0 Å². The van der Waals surface area contributed by atoms with Gasteiger partial charge in [0, 0.05) is 13.1 Å². The number of amides is 1. The van der Waals surface area contributed by atoms with Crippen molar-refractivity contribution in [1.29, 1.82) is 0 Å². The summed E-state index contributed by atoms with van der Waals surface area (Å²) in [5.41, 5.74) is 1.23. The van der Waals surface area contributed by atoms with Crippen LogP contribution in [0.3, 0.4) is 0 Å². The Morgan fingerprint density at radius 3 is 2.50 bits per heavy atom. The number of hydrogen-bond donors (Lipinski definition) is 0. The molecule has 0 bridgehead atoms. The van der Waals surface area contributed by atoms with Gasteiger partial charge in [-0.15, -0.1) is 0 Å². The lowest BCUT2D eigenvalue weighted by Gasteiger charge is -2.18. The summed E-state index contributed by atoms with van der Waals surface area (Å²) < 4.78 is 6.02. The molecule has 106 valence electrons. The first kappa shape index (κ1) is 13.4. The van der Waals surface area contributed by atoms with E-state index in [0.717, 1.165) is 25.9 Å². The molecule has 3 atom stereocenters. The number of carbonyl (C=O) groups excluding carboxylic acids is 1. The molecule has 1 amide bonds. The zero-order valence-electron chi connectivity index (χ0n) is 11.7. The summed E-state index contributed by atoms with van der Waals surface area (Å²) in [7, 11) is 0. The van der Waals surface area contributed by atoms with Crippen molar-refractivity contribution in [3.05, 3.63) is 48.6 Å². The van der Waals surface area contributed by atoms with Crippen molar-refractivity contribution in [2.45, 2.75) is 25.6 Å². The molecule has 2 aliphatic rings. The van der Waals surface area contributed by atoms with E-state index in [9.17, 15) is 4.79 Å². The van der Waals surface area contributed by atoms with Gasteiger partial charge in [-0.05, 0) is 36.3 Å². The fourth-order valence-electron chi connectivity index (χ4n) is 3.48. The third-order valence-electron chi connectivity index (χ3n) is 4.52. The van der Waals surface area contributed by atoms with Crippen molar-refractivity contribution in [2.24, 2.45) is 11.8 Å². The van der Waals surface area contributed by atoms with E-state index in [1.165, 1.54) is 11.6 Å². The van der Waals surface area contributed by atoms with Gasteiger partial charge in [-0.3, -0.25) is 4.79 Å². The monoisotopic (exact) mass is 271 g/mol. The first-order chi connectivity index (χ1) is 9.76. The Kier molecular flexibility index (Phi) is 3.88. The highest BCUT2D eigenvalue weighted by molar-refractivity contribution is 5.87. The van der Waals surface area contributed by atoms with Gasteiger partial charge >= 0.3 is 0 Å². The van der Waals surface area contributed by atoms with Crippen LogP contribution in [0.25, 0.3) is 0 Å². The minimum atomic E-state index is 0.0705. The Labute approximate surface area is 120 Å². The van der Waals surface area contributed by atoms with Gasteiger partial charge in [0.1, 0.15) is 0 Å². The van der Waals surface area contributed by atoms with Crippen molar-refractivity contribution in [1.82, 2.24) is 4.90 Å². The summed E-state index contributed by atoms with van der Waals surface area (Å²) in [5.74, 6) is 1.29. The molecular weight excluding hydrogens is 250 g/mol. The summed E-state index contributed by atoms with van der Waals surface area (Å²) in [6.45, 7) is 6.01. The Hall–Kier alpha value is -1.61. The second-order valence-electron chi connectivity index (χ2n) is 5.86. The zero-order valence-corrected chi connectivity index (χ0v) is 11.7. The molecule has 0 aromatic heterocycles. The summed E-state index contributed by atoms with van der Waals surface area (Å²) in [6.07, 6.45) is 3.94. The molecule has 1 unspecified atom stereocenters. The minimum absolute atomic E-state index is 0.0705. The van der Waals surface area contributed by atoms with Gasteiger partial charge in [-0.25, -0.2) is 0 Å². The van der Waals surface area contributed by atoms with Crippen LogP contribution in [-0.2, 0) is 16.1 Å². The first-order valence-electron chi connectivity index (χ1n) is 7.33. The molecule has 0 N–H and O–H groups in total. The molecule has 3 heteroatoms. The van der Waals surface area contributed by atoms with E-state index in [0.29, 0.717) is 24.5 Å². The van der Waals surface area contributed by atoms with Crippen LogP contribution in [0.1, 0.15) is 18.4 Å². The van der Waals surface area contributed by atoms with Gasteiger partial charge in [-0.1, -0.05) is 36.9 Å². The predicted octanol–water partition coefficient (Wildman–Crippen LogP) is 2.63. The molecule has 0 spiro atoms. The third kappa shape index (κ3) is 2.78. The molecule has 1 aromatic rings. The van der Waals surface area contributed by atoms with Gasteiger partial charge in [0.2, 0.25) is 5.91 Å². The van der Waals surface area contributed by atoms with Crippen molar-refractivity contribution in [2.75, 3.05) is 13.1 Å². The fraction of sp³-hybridized carbons (Fsp3) is 0.471. The molecule has 3 rings (SSSR count). The molecule has 3 nitrogen and oxygen atoms in total. The summed E-state index contributed by atoms with van der Waals surface area (Å²) in [5, 5.41) is 0. The second-order valence-corrected chi connectivity index (χ2v) is 5.86. The largest absolute Gasteiger partial charge is 0.374 e. The molecule has 2 fully saturated rings. The molecule has 1 aliphatic heterocycles. The standard InChI is InChI=1S/C17H21NO2/c1-2-17(19)18-10-14-8-16(9-15(14)11-18)20-12-13-6-4-3-5-7-13/h2-7,14-16H,1,8-12H2/t14-,15+,16?. The summed E-state index contributed by atoms with van der Waals surface area (Å²) >= 11 is 0. The van der Waals surface area contributed by atoms with E-state index in [-0.39, 0.29) is 5.91 Å². The van der Waals surface area contributed by atoms with Crippen LogP contribution in [0.2, 0.25) is 0 Å². The van der Waals surface area contributed by atoms with Gasteiger partial charge < -0.3 is 9.64 Å². The number of ether oxygens (including phenoxy) is 1. The van der Waals surface area contributed by atoms with Crippen LogP contribution < -0.4 is 0 Å². The SMILES string of the molecule is C=CC(=O)N1C[C@H]2CC(OCc3ccccc3)C[C@H]2C1. The number of likely N-dealkylation sites (tertiary alicyclic amines) is 1. The minimum Gasteiger partial charge on any atom is -0.374 e. The van der Waals surface area contributed by atoms with Crippen LogP contribution in [0.15, 0.2) is 43.0 Å². The number of carbonyl (C=O) groups is 1. The summed E-state index contributed by atoms with van der Waals surface area (Å²) in [6, 6.07) is 10.3. The Balaban J connectivity index is 1.48. The van der Waals surface area contributed by atoms with Crippen LogP contribution in [-0.4, -0.2) is 30.0 Å². The van der Waals surface area contributed by atoms with E-state index < -0.39 is 0 Å². The quantitative estimate of drug-likeness (QED) is 0.788. The third-order valence-corrected chi connectivity index (χ3v) is 4.52. The topological polar surface area (TPSA) is 29.5 Å². The maximum atomic E-state index is 11.6. The smallest absolute Gasteiger partial charge is 0.245 e. The van der Waals surface area contributed by atoms with E-state index in [1.807, 2.05) is 23.1 Å². The molecule has 1 aromatic carbocycles. The average Bonchev–Trinajstić information content (AvgIpc) is 3.03. The lowest BCUT2D eigenvalue weighted by Crippen LogP contribution is -2.28. The van der Waals surface area contributed by atoms with E-state index in [2.05, 4.69) is 18.7 Å². The highest BCUT2D eigenvalue weighted by Gasteiger charge is 2.42. The molecule has 1 saturated heterocycles. The number of rotatable bonds is 4. The Morgan fingerprint density at radius 2 is 1.90 bits per heavy atom. The Bertz CT molecular complexity index is 471. The van der Waals surface area contributed by atoms with E-state index >= 15 is 0 Å². The number of hydrogen-bond acceptors (Lipinski definition) is 2. The van der Waals surface area contributed by atoms with Crippen molar-refractivity contribution in [3.63, 3.8) is 0 Å². The first-order valence-corrected chi connectivity index (χ1v) is 7.33. The van der Waals surface area contributed by atoms with Gasteiger partial charge in [0.05, 0.1) is 12.7 Å². The van der Waals surface area contributed by atoms with Gasteiger partial charge in [0.25, 0.3) is 0 Å². The highest BCUT2D eigenvalue weighted by Crippen LogP contribution is 2.39. The number of nitrogens with zero attached hydrogens (tertiary/aromatic N) is 1. The average molecular weight is 271 g/mol. The lowest BCUT2D eigenvalue weighted by atomic mass is 10.0. The molecule has 1 heterocycles. The predicted molar refractivity (Wildman–Crippen MR) is 78.0 cm³/mol. The zero-order chi connectivity index (χ0) is 13.9. The van der Waals surface area contributed by atoms with Crippen molar-refractivity contribution in [3.8, 4) is 0 Å². The lowest BCUT2D eigenvalue weighted by molar-refractivity contribution is -0.125. The molecular formula is C17H21NO2. The van der Waals surface area contributed by atoms with Crippen molar-refractivity contribution < 1.29 is 9.53 Å². The number of benzene rings is 1. The highest BCUT2D eigenvalue weighted by atomic mass is 16.5. The normalized spacial score (nSPS) is 28.4. The molecule has 0 radical (unpaired) electrons. The fourth-order valence-corrected chi connectivity index (χ4v) is 3.48. The van der Waals surface area contributed by atoms with Gasteiger partial charge in [0.15, 0.2) is 0 Å². The van der Waals surface area contributed by atoms with Crippen LogP contribution in [0.4, 0.5) is 0 Å². The van der Waals surface area contributed by atoms with Crippen molar-refractivity contribution >= 4 is 5.91 Å².